The van der Waals surface area contributed by atoms with E-state index in [1.54, 1.807) is 0 Å². The lowest BCUT2D eigenvalue weighted by Gasteiger charge is -2.29. The first-order valence-corrected chi connectivity index (χ1v) is 6.51. The van der Waals surface area contributed by atoms with E-state index < -0.39 is 0 Å². The lowest BCUT2D eigenvalue weighted by molar-refractivity contribution is 0.263. The molecule has 1 N–H and O–H groups in total. The van der Waals surface area contributed by atoms with E-state index in [4.69, 9.17) is 0 Å². The van der Waals surface area contributed by atoms with Crippen LogP contribution in [0.3, 0.4) is 0 Å². The maximum atomic E-state index is 4.38. The van der Waals surface area contributed by atoms with Gasteiger partial charge in [-0.25, -0.2) is 4.98 Å². The lowest BCUT2D eigenvalue weighted by Crippen LogP contribution is -2.36. The van der Waals surface area contributed by atoms with Crippen LogP contribution in [0.15, 0.2) is 16.7 Å². The number of nitrogens with zero attached hydrogens (tertiary/aromatic N) is 2. The van der Waals surface area contributed by atoms with Gasteiger partial charge in [-0.15, -0.1) is 0 Å². The molecule has 2 rings (SSSR count). The van der Waals surface area contributed by atoms with Crippen LogP contribution in [0.25, 0.3) is 0 Å². The Morgan fingerprint density at radius 2 is 2.12 bits per heavy atom. The Morgan fingerprint density at radius 3 is 2.75 bits per heavy atom. The maximum absolute atomic E-state index is 4.38. The van der Waals surface area contributed by atoms with Crippen molar-refractivity contribution in [1.29, 1.82) is 0 Å². The van der Waals surface area contributed by atoms with E-state index in [-0.39, 0.29) is 0 Å². The number of anilines is 1. The summed E-state index contributed by atoms with van der Waals surface area (Å²) in [5.41, 5.74) is 1.23. The van der Waals surface area contributed by atoms with Gasteiger partial charge < -0.3 is 10.2 Å². The zero-order valence-corrected chi connectivity index (χ0v) is 11.4. The number of aromatic nitrogens is 1. The second-order valence-electron chi connectivity index (χ2n) is 4.54. The van der Waals surface area contributed by atoms with E-state index in [1.165, 1.54) is 31.5 Å². The predicted octanol–water partition coefficient (Wildman–Crippen LogP) is 2.66. The van der Waals surface area contributed by atoms with Crippen molar-refractivity contribution in [2.45, 2.75) is 25.8 Å². The number of hydrogen-bond donors (Lipinski definition) is 1. The number of halogens is 1. The Bertz CT molecular complexity index is 359. The standard InChI is InChI=1S/C12H18BrN3/c1-9-7-12(14-8-11(9)13)15-10-3-5-16(2)6-4-10/h7-8,10H,3-6H2,1-2H3,(H,14,15). The van der Waals surface area contributed by atoms with E-state index in [2.05, 4.69) is 51.2 Å². The van der Waals surface area contributed by atoms with Gasteiger partial charge in [0.15, 0.2) is 0 Å². The molecular formula is C12H18BrN3. The average Bonchev–Trinajstić information content (AvgIpc) is 2.27. The van der Waals surface area contributed by atoms with E-state index >= 15 is 0 Å². The van der Waals surface area contributed by atoms with Gasteiger partial charge in [-0.3, -0.25) is 0 Å². The van der Waals surface area contributed by atoms with Gasteiger partial charge in [-0.1, -0.05) is 0 Å². The summed E-state index contributed by atoms with van der Waals surface area (Å²) in [6.07, 6.45) is 4.27. The van der Waals surface area contributed by atoms with Crippen LogP contribution >= 0.6 is 15.9 Å². The van der Waals surface area contributed by atoms with Crippen LogP contribution in [0.5, 0.6) is 0 Å². The summed E-state index contributed by atoms with van der Waals surface area (Å²) in [7, 11) is 2.18. The van der Waals surface area contributed by atoms with Gasteiger partial charge >= 0.3 is 0 Å². The minimum absolute atomic E-state index is 0.573. The van der Waals surface area contributed by atoms with Gasteiger partial charge in [0.2, 0.25) is 0 Å². The Hall–Kier alpha value is -0.610. The van der Waals surface area contributed by atoms with Crippen molar-refractivity contribution in [2.75, 3.05) is 25.5 Å². The van der Waals surface area contributed by atoms with Crippen molar-refractivity contribution in [3.63, 3.8) is 0 Å². The second kappa shape index (κ2) is 5.15. The Balaban J connectivity index is 1.96. The van der Waals surface area contributed by atoms with E-state index in [0.717, 1.165) is 10.3 Å². The zero-order valence-electron chi connectivity index (χ0n) is 9.83. The fourth-order valence-electron chi connectivity index (χ4n) is 1.98. The molecule has 0 spiro atoms. The summed E-state index contributed by atoms with van der Waals surface area (Å²) in [5, 5.41) is 3.51. The number of pyridine rings is 1. The molecule has 0 bridgehead atoms. The molecule has 1 saturated heterocycles. The maximum Gasteiger partial charge on any atom is 0.126 e. The minimum atomic E-state index is 0.573. The number of aryl methyl sites for hydroxylation is 1. The van der Waals surface area contributed by atoms with E-state index in [1.807, 2.05) is 6.20 Å². The first-order valence-electron chi connectivity index (χ1n) is 5.72. The average molecular weight is 284 g/mol. The summed E-state index contributed by atoms with van der Waals surface area (Å²) in [6.45, 7) is 4.44. The molecule has 88 valence electrons. The quantitative estimate of drug-likeness (QED) is 0.905. The molecule has 0 aromatic carbocycles. The van der Waals surface area contributed by atoms with E-state index in [0.29, 0.717) is 6.04 Å². The molecule has 1 aliphatic rings. The summed E-state index contributed by atoms with van der Waals surface area (Å²) >= 11 is 3.47. The summed E-state index contributed by atoms with van der Waals surface area (Å²) in [6, 6.07) is 2.67. The van der Waals surface area contributed by atoms with Gasteiger partial charge in [0.1, 0.15) is 5.82 Å². The number of piperidine rings is 1. The first kappa shape index (κ1) is 11.9. The predicted molar refractivity (Wildman–Crippen MR) is 70.8 cm³/mol. The number of rotatable bonds is 2. The molecule has 4 heteroatoms. The van der Waals surface area contributed by atoms with Gasteiger partial charge in [-0.2, -0.15) is 0 Å². The SMILES string of the molecule is Cc1cc(NC2CCN(C)CC2)ncc1Br. The molecule has 2 heterocycles. The summed E-state index contributed by atoms with van der Waals surface area (Å²) in [5.74, 6) is 0.996. The van der Waals surface area contributed by atoms with E-state index in [9.17, 15) is 0 Å². The second-order valence-corrected chi connectivity index (χ2v) is 5.39. The lowest BCUT2D eigenvalue weighted by atomic mass is 10.1. The fourth-order valence-corrected chi connectivity index (χ4v) is 2.20. The van der Waals surface area contributed by atoms with Gasteiger partial charge in [0.05, 0.1) is 0 Å². The molecule has 0 radical (unpaired) electrons. The van der Waals surface area contributed by atoms with Crippen LogP contribution in [0.1, 0.15) is 18.4 Å². The molecule has 1 aromatic heterocycles. The third kappa shape index (κ3) is 2.95. The van der Waals surface area contributed by atoms with Crippen LogP contribution in [0, 0.1) is 6.92 Å². The molecule has 0 aliphatic carbocycles. The molecule has 3 nitrogen and oxygen atoms in total. The first-order chi connectivity index (χ1) is 7.65. The highest BCUT2D eigenvalue weighted by atomic mass is 79.9. The van der Waals surface area contributed by atoms with Crippen molar-refractivity contribution >= 4 is 21.7 Å². The van der Waals surface area contributed by atoms with Crippen molar-refractivity contribution in [3.8, 4) is 0 Å². The highest BCUT2D eigenvalue weighted by Gasteiger charge is 2.16. The molecule has 0 unspecified atom stereocenters. The normalized spacial score (nSPS) is 18.7. The van der Waals surface area contributed by atoms with Gasteiger partial charge in [0.25, 0.3) is 0 Å². The molecule has 1 fully saturated rings. The van der Waals surface area contributed by atoms with Crippen LogP contribution < -0.4 is 5.32 Å². The van der Waals surface area contributed by atoms with Gasteiger partial charge in [-0.05, 0) is 67.5 Å². The smallest absolute Gasteiger partial charge is 0.126 e. The van der Waals surface area contributed by atoms with Crippen molar-refractivity contribution in [2.24, 2.45) is 0 Å². The monoisotopic (exact) mass is 283 g/mol. The van der Waals surface area contributed by atoms with Crippen molar-refractivity contribution in [3.05, 3.63) is 22.3 Å². The topological polar surface area (TPSA) is 28.2 Å². The highest BCUT2D eigenvalue weighted by molar-refractivity contribution is 9.10. The molecule has 0 atom stereocenters. The third-order valence-electron chi connectivity index (χ3n) is 3.12. The Labute approximate surface area is 105 Å². The number of hydrogen-bond acceptors (Lipinski definition) is 3. The largest absolute Gasteiger partial charge is 0.367 e. The van der Waals surface area contributed by atoms with Crippen molar-refractivity contribution in [1.82, 2.24) is 9.88 Å². The Morgan fingerprint density at radius 1 is 1.44 bits per heavy atom. The summed E-state index contributed by atoms with van der Waals surface area (Å²) in [4.78, 5) is 6.75. The molecular weight excluding hydrogens is 266 g/mol. The van der Waals surface area contributed by atoms with Crippen LogP contribution in [-0.4, -0.2) is 36.1 Å². The molecule has 1 aromatic rings. The Kier molecular flexibility index (Phi) is 3.82. The van der Waals surface area contributed by atoms with Gasteiger partial charge in [0, 0.05) is 16.7 Å². The summed E-state index contributed by atoms with van der Waals surface area (Å²) < 4.78 is 1.07. The number of nitrogens with one attached hydrogen (secondary N) is 1. The number of likely N-dealkylation sites (tertiary alicyclic amines) is 1. The molecule has 0 amide bonds. The highest BCUT2D eigenvalue weighted by Crippen LogP contribution is 2.19. The van der Waals surface area contributed by atoms with Crippen LogP contribution in [0.2, 0.25) is 0 Å². The molecule has 1 aliphatic heterocycles. The molecule has 16 heavy (non-hydrogen) atoms. The van der Waals surface area contributed by atoms with Crippen LogP contribution in [-0.2, 0) is 0 Å². The minimum Gasteiger partial charge on any atom is -0.367 e. The fraction of sp³-hybridized carbons (Fsp3) is 0.583. The zero-order chi connectivity index (χ0) is 11.5. The van der Waals surface area contributed by atoms with Crippen LogP contribution in [0.4, 0.5) is 5.82 Å². The molecule has 0 saturated carbocycles. The van der Waals surface area contributed by atoms with Crippen molar-refractivity contribution < 1.29 is 0 Å². The third-order valence-corrected chi connectivity index (χ3v) is 3.95.